The summed E-state index contributed by atoms with van der Waals surface area (Å²) in [5, 5.41) is 0. The molecule has 0 atom stereocenters. The Hall–Kier alpha value is -1.76. The van der Waals surface area contributed by atoms with Crippen molar-refractivity contribution in [1.29, 1.82) is 0 Å². The first-order chi connectivity index (χ1) is 8.19. The molecule has 0 unspecified atom stereocenters. The van der Waals surface area contributed by atoms with E-state index in [1.165, 1.54) is 16.7 Å². The van der Waals surface area contributed by atoms with Crippen LogP contribution in [-0.2, 0) is 0 Å². The molecular formula is C16H20O. The van der Waals surface area contributed by atoms with Crippen LogP contribution >= 0.6 is 0 Å². The molecule has 0 aliphatic heterocycles. The SMILES string of the molecule is C=CC/C=C\C(=C(C)C)c1cccc(OC)c1. The van der Waals surface area contributed by atoms with E-state index in [2.05, 4.69) is 44.7 Å². The number of benzene rings is 1. The Morgan fingerprint density at radius 1 is 1.35 bits per heavy atom. The minimum atomic E-state index is 0.887. The van der Waals surface area contributed by atoms with Gasteiger partial charge in [0, 0.05) is 0 Å². The van der Waals surface area contributed by atoms with E-state index in [0.29, 0.717) is 0 Å². The van der Waals surface area contributed by atoms with Gasteiger partial charge >= 0.3 is 0 Å². The van der Waals surface area contributed by atoms with Crippen LogP contribution in [0.1, 0.15) is 25.8 Å². The van der Waals surface area contributed by atoms with E-state index < -0.39 is 0 Å². The normalized spacial score (nSPS) is 10.3. The van der Waals surface area contributed by atoms with Gasteiger partial charge in [0.2, 0.25) is 0 Å². The van der Waals surface area contributed by atoms with Crippen LogP contribution in [0.25, 0.3) is 5.57 Å². The molecule has 0 aliphatic carbocycles. The predicted molar refractivity (Wildman–Crippen MR) is 75.2 cm³/mol. The maximum Gasteiger partial charge on any atom is 0.119 e. The second-order valence-electron chi connectivity index (χ2n) is 4.07. The summed E-state index contributed by atoms with van der Waals surface area (Å²) >= 11 is 0. The molecule has 0 heterocycles. The summed E-state index contributed by atoms with van der Waals surface area (Å²) in [6.07, 6.45) is 7.05. The van der Waals surface area contributed by atoms with Crippen LogP contribution in [0.15, 0.2) is 54.6 Å². The fourth-order valence-electron chi connectivity index (χ4n) is 1.62. The molecular weight excluding hydrogens is 208 g/mol. The summed E-state index contributed by atoms with van der Waals surface area (Å²) in [5.74, 6) is 0.887. The van der Waals surface area contributed by atoms with Crippen LogP contribution in [-0.4, -0.2) is 7.11 Å². The topological polar surface area (TPSA) is 9.23 Å². The van der Waals surface area contributed by atoms with E-state index in [4.69, 9.17) is 4.74 Å². The fraction of sp³-hybridized carbons (Fsp3) is 0.250. The summed E-state index contributed by atoms with van der Waals surface area (Å²) in [6.45, 7) is 7.95. The third-order valence-electron chi connectivity index (χ3n) is 2.51. The average molecular weight is 228 g/mol. The van der Waals surface area contributed by atoms with Crippen LogP contribution in [0, 0.1) is 0 Å². The first-order valence-electron chi connectivity index (χ1n) is 5.78. The largest absolute Gasteiger partial charge is 0.497 e. The summed E-state index contributed by atoms with van der Waals surface area (Å²) in [4.78, 5) is 0. The maximum atomic E-state index is 5.25. The standard InChI is InChI=1S/C16H20O/c1-5-6-7-11-16(13(2)3)14-9-8-10-15(12-14)17-4/h5,7-12H,1,6H2,2-4H3/b11-7-. The lowest BCUT2D eigenvalue weighted by atomic mass is 10.0. The first kappa shape index (κ1) is 13.3. The van der Waals surface area contributed by atoms with E-state index in [9.17, 15) is 0 Å². The van der Waals surface area contributed by atoms with Crippen LogP contribution in [0.5, 0.6) is 5.75 Å². The quantitative estimate of drug-likeness (QED) is 0.527. The van der Waals surface area contributed by atoms with Crippen molar-refractivity contribution in [3.63, 3.8) is 0 Å². The van der Waals surface area contributed by atoms with E-state index in [1.54, 1.807) is 7.11 Å². The lowest BCUT2D eigenvalue weighted by molar-refractivity contribution is 0.414. The molecule has 0 bridgehead atoms. The fourth-order valence-corrected chi connectivity index (χ4v) is 1.62. The first-order valence-corrected chi connectivity index (χ1v) is 5.78. The van der Waals surface area contributed by atoms with Crippen molar-refractivity contribution in [3.05, 3.63) is 60.2 Å². The third-order valence-corrected chi connectivity index (χ3v) is 2.51. The molecule has 1 aromatic rings. The lowest BCUT2D eigenvalue weighted by Gasteiger charge is -2.07. The van der Waals surface area contributed by atoms with Gasteiger partial charge in [0.25, 0.3) is 0 Å². The van der Waals surface area contributed by atoms with Crippen molar-refractivity contribution in [2.45, 2.75) is 20.3 Å². The Labute approximate surface area is 104 Å². The van der Waals surface area contributed by atoms with Crippen LogP contribution in [0.4, 0.5) is 0 Å². The second kappa shape index (κ2) is 6.74. The van der Waals surface area contributed by atoms with Crippen LogP contribution in [0.3, 0.4) is 0 Å². The molecule has 0 N–H and O–H groups in total. The zero-order valence-electron chi connectivity index (χ0n) is 10.9. The van der Waals surface area contributed by atoms with Gasteiger partial charge in [0.1, 0.15) is 5.75 Å². The highest BCUT2D eigenvalue weighted by molar-refractivity contribution is 5.76. The van der Waals surface area contributed by atoms with Gasteiger partial charge in [-0.15, -0.1) is 6.58 Å². The highest BCUT2D eigenvalue weighted by Crippen LogP contribution is 2.24. The molecule has 1 rings (SSSR count). The number of allylic oxidation sites excluding steroid dienone is 5. The summed E-state index contributed by atoms with van der Waals surface area (Å²) in [7, 11) is 1.69. The maximum absolute atomic E-state index is 5.25. The van der Waals surface area contributed by atoms with Gasteiger partial charge in [0.05, 0.1) is 7.11 Å². The zero-order valence-corrected chi connectivity index (χ0v) is 10.9. The minimum Gasteiger partial charge on any atom is -0.497 e. The number of methoxy groups -OCH3 is 1. The Morgan fingerprint density at radius 2 is 2.12 bits per heavy atom. The number of ether oxygens (including phenoxy) is 1. The molecule has 0 saturated heterocycles. The van der Waals surface area contributed by atoms with E-state index in [0.717, 1.165) is 12.2 Å². The second-order valence-corrected chi connectivity index (χ2v) is 4.07. The molecule has 1 aromatic carbocycles. The van der Waals surface area contributed by atoms with Crippen LogP contribution < -0.4 is 4.74 Å². The van der Waals surface area contributed by atoms with Gasteiger partial charge < -0.3 is 4.74 Å². The van der Waals surface area contributed by atoms with Crippen molar-refractivity contribution in [3.8, 4) is 5.75 Å². The van der Waals surface area contributed by atoms with Gasteiger partial charge in [-0.2, -0.15) is 0 Å². The molecule has 1 heteroatoms. The summed E-state index contributed by atoms with van der Waals surface area (Å²) in [5.41, 5.74) is 3.72. The minimum absolute atomic E-state index is 0.887. The molecule has 1 nitrogen and oxygen atoms in total. The monoisotopic (exact) mass is 228 g/mol. The Morgan fingerprint density at radius 3 is 2.71 bits per heavy atom. The molecule has 0 fully saturated rings. The Balaban J connectivity index is 3.06. The van der Waals surface area contributed by atoms with Crippen molar-refractivity contribution in [1.82, 2.24) is 0 Å². The molecule has 0 amide bonds. The van der Waals surface area contributed by atoms with Crippen LogP contribution in [0.2, 0.25) is 0 Å². The van der Waals surface area contributed by atoms with Gasteiger partial charge in [-0.05, 0) is 43.5 Å². The van der Waals surface area contributed by atoms with E-state index in [-0.39, 0.29) is 0 Å². The highest BCUT2D eigenvalue weighted by Gasteiger charge is 2.01. The van der Waals surface area contributed by atoms with Gasteiger partial charge in [-0.1, -0.05) is 35.9 Å². The predicted octanol–water partition coefficient (Wildman–Crippen LogP) is 4.62. The molecule has 90 valence electrons. The summed E-state index contributed by atoms with van der Waals surface area (Å²) in [6, 6.07) is 8.13. The molecule has 0 aliphatic rings. The van der Waals surface area contributed by atoms with Crippen molar-refractivity contribution >= 4 is 5.57 Å². The number of hydrogen-bond donors (Lipinski definition) is 0. The van der Waals surface area contributed by atoms with Crippen molar-refractivity contribution < 1.29 is 4.74 Å². The number of rotatable bonds is 5. The number of hydrogen-bond acceptors (Lipinski definition) is 1. The zero-order chi connectivity index (χ0) is 12.7. The molecule has 17 heavy (non-hydrogen) atoms. The molecule has 0 saturated carbocycles. The van der Waals surface area contributed by atoms with Crippen molar-refractivity contribution in [2.75, 3.05) is 7.11 Å². The van der Waals surface area contributed by atoms with Gasteiger partial charge in [-0.3, -0.25) is 0 Å². The molecule has 0 radical (unpaired) electrons. The third kappa shape index (κ3) is 3.95. The van der Waals surface area contributed by atoms with Crippen molar-refractivity contribution in [2.24, 2.45) is 0 Å². The Bertz CT molecular complexity index is 435. The Kier molecular flexibility index (Phi) is 5.28. The van der Waals surface area contributed by atoms with Gasteiger partial charge in [0.15, 0.2) is 0 Å². The highest BCUT2D eigenvalue weighted by atomic mass is 16.5. The average Bonchev–Trinajstić information content (AvgIpc) is 2.34. The lowest BCUT2D eigenvalue weighted by Crippen LogP contribution is -1.87. The van der Waals surface area contributed by atoms with E-state index >= 15 is 0 Å². The molecule has 0 spiro atoms. The molecule has 0 aromatic heterocycles. The smallest absolute Gasteiger partial charge is 0.119 e. The van der Waals surface area contributed by atoms with Gasteiger partial charge in [-0.25, -0.2) is 0 Å². The summed E-state index contributed by atoms with van der Waals surface area (Å²) < 4.78 is 5.25. The van der Waals surface area contributed by atoms with E-state index in [1.807, 2.05) is 18.2 Å².